The molecule has 1 aliphatic rings. The normalized spacial score (nSPS) is 19.8. The zero-order valence-electron chi connectivity index (χ0n) is 11.4. The van der Waals surface area contributed by atoms with Crippen molar-refractivity contribution in [2.75, 3.05) is 26.9 Å². The number of nitrogens with zero attached hydrogens (tertiary/aromatic N) is 1. The number of hydrogen-bond acceptors (Lipinski definition) is 5. The molecule has 2 rings (SSSR count). The summed E-state index contributed by atoms with van der Waals surface area (Å²) in [7, 11) is 1.54. The van der Waals surface area contributed by atoms with E-state index < -0.39 is 5.97 Å². The second kappa shape index (κ2) is 6.58. The molecule has 6 heteroatoms. The number of carboxylic acid groups (broad SMARTS) is 1. The van der Waals surface area contributed by atoms with E-state index in [9.17, 15) is 9.90 Å². The number of ether oxygens (including phenoxy) is 2. The largest absolute Gasteiger partial charge is 0.507 e. The summed E-state index contributed by atoms with van der Waals surface area (Å²) in [5.41, 5.74) is 0.753. The van der Waals surface area contributed by atoms with E-state index in [0.29, 0.717) is 32.1 Å². The van der Waals surface area contributed by atoms with E-state index in [0.717, 1.165) is 5.56 Å². The lowest BCUT2D eigenvalue weighted by Crippen LogP contribution is -2.45. The molecule has 2 N–H and O–H groups in total. The topological polar surface area (TPSA) is 79.2 Å². The summed E-state index contributed by atoms with van der Waals surface area (Å²) < 4.78 is 10.4. The highest BCUT2D eigenvalue weighted by molar-refractivity contribution is 5.67. The predicted molar refractivity (Wildman–Crippen MR) is 71.9 cm³/mol. The van der Waals surface area contributed by atoms with Crippen LogP contribution in [-0.4, -0.2) is 54.0 Å². The van der Waals surface area contributed by atoms with Crippen molar-refractivity contribution in [2.24, 2.45) is 0 Å². The maximum atomic E-state index is 10.9. The van der Waals surface area contributed by atoms with Crippen molar-refractivity contribution in [1.82, 2.24) is 4.90 Å². The lowest BCUT2D eigenvalue weighted by Gasteiger charge is -2.34. The molecule has 1 unspecified atom stereocenters. The summed E-state index contributed by atoms with van der Waals surface area (Å²) >= 11 is 0. The van der Waals surface area contributed by atoms with Crippen LogP contribution in [0.15, 0.2) is 18.2 Å². The van der Waals surface area contributed by atoms with Gasteiger partial charge in [-0.25, -0.2) is 0 Å². The van der Waals surface area contributed by atoms with Gasteiger partial charge in [-0.1, -0.05) is 6.07 Å². The number of rotatable bonds is 5. The van der Waals surface area contributed by atoms with Crippen LogP contribution < -0.4 is 4.74 Å². The number of benzene rings is 1. The number of methoxy groups -OCH3 is 1. The molecular weight excluding hydrogens is 262 g/mol. The van der Waals surface area contributed by atoms with Crippen LogP contribution in [0.3, 0.4) is 0 Å². The molecular formula is C14H19NO5. The first-order chi connectivity index (χ1) is 9.60. The first kappa shape index (κ1) is 14.6. The smallest absolute Gasteiger partial charge is 0.305 e. The van der Waals surface area contributed by atoms with Gasteiger partial charge in [0.05, 0.1) is 26.7 Å². The third kappa shape index (κ3) is 3.61. The molecule has 1 aromatic carbocycles. The van der Waals surface area contributed by atoms with E-state index in [2.05, 4.69) is 0 Å². The van der Waals surface area contributed by atoms with Crippen LogP contribution in [0.2, 0.25) is 0 Å². The Hall–Kier alpha value is -1.79. The van der Waals surface area contributed by atoms with Crippen LogP contribution in [0.25, 0.3) is 0 Å². The summed E-state index contributed by atoms with van der Waals surface area (Å²) in [4.78, 5) is 12.9. The zero-order valence-corrected chi connectivity index (χ0v) is 11.4. The molecule has 20 heavy (non-hydrogen) atoms. The van der Waals surface area contributed by atoms with Gasteiger partial charge in [-0.2, -0.15) is 0 Å². The lowest BCUT2D eigenvalue weighted by molar-refractivity contribution is -0.140. The van der Waals surface area contributed by atoms with Gasteiger partial charge in [0.1, 0.15) is 11.5 Å². The third-order valence-electron chi connectivity index (χ3n) is 3.43. The van der Waals surface area contributed by atoms with Crippen LogP contribution in [-0.2, 0) is 16.1 Å². The van der Waals surface area contributed by atoms with E-state index in [1.807, 2.05) is 4.90 Å². The maximum absolute atomic E-state index is 10.9. The molecule has 0 aromatic heterocycles. The molecule has 0 saturated carbocycles. The van der Waals surface area contributed by atoms with Gasteiger partial charge < -0.3 is 19.7 Å². The molecule has 1 fully saturated rings. The second-order valence-corrected chi connectivity index (χ2v) is 4.79. The fraction of sp³-hybridized carbons (Fsp3) is 0.500. The fourth-order valence-corrected chi connectivity index (χ4v) is 2.31. The molecule has 1 aromatic rings. The fourth-order valence-electron chi connectivity index (χ4n) is 2.31. The van der Waals surface area contributed by atoms with Gasteiger partial charge in [-0.05, 0) is 6.07 Å². The standard InChI is InChI=1S/C14H19NO5/c1-19-12-3-2-10(13(16)7-12)8-15-4-5-20-9-11(15)6-14(17)18/h2-3,7,11,16H,4-6,8-9H2,1H3,(H,17,18). The Kier molecular flexibility index (Phi) is 4.81. The van der Waals surface area contributed by atoms with Crippen LogP contribution in [0.5, 0.6) is 11.5 Å². The monoisotopic (exact) mass is 281 g/mol. The molecule has 110 valence electrons. The zero-order chi connectivity index (χ0) is 14.5. The molecule has 0 spiro atoms. The molecule has 6 nitrogen and oxygen atoms in total. The predicted octanol–water partition coefficient (Wildman–Crippen LogP) is 1.08. The first-order valence-corrected chi connectivity index (χ1v) is 6.49. The minimum absolute atomic E-state index is 0.0386. The molecule has 0 aliphatic carbocycles. The summed E-state index contributed by atoms with van der Waals surface area (Å²) in [6, 6.07) is 4.97. The number of phenolic OH excluding ortho intramolecular Hbond substituents is 1. The van der Waals surface area contributed by atoms with Gasteiger partial charge in [0.2, 0.25) is 0 Å². The van der Waals surface area contributed by atoms with Crippen molar-refractivity contribution < 1.29 is 24.5 Å². The second-order valence-electron chi connectivity index (χ2n) is 4.79. The molecule has 1 heterocycles. The number of carboxylic acids is 1. The van der Waals surface area contributed by atoms with Crippen LogP contribution in [0, 0.1) is 0 Å². The third-order valence-corrected chi connectivity index (χ3v) is 3.43. The molecule has 0 bridgehead atoms. The number of hydrogen-bond donors (Lipinski definition) is 2. The highest BCUT2D eigenvalue weighted by Gasteiger charge is 2.25. The van der Waals surface area contributed by atoms with Crippen molar-refractivity contribution in [3.8, 4) is 11.5 Å². The van der Waals surface area contributed by atoms with E-state index in [1.54, 1.807) is 25.3 Å². The highest BCUT2D eigenvalue weighted by Crippen LogP contribution is 2.26. The average Bonchev–Trinajstić information content (AvgIpc) is 2.42. The Morgan fingerprint density at radius 1 is 1.55 bits per heavy atom. The van der Waals surface area contributed by atoms with E-state index >= 15 is 0 Å². The Morgan fingerprint density at radius 2 is 2.35 bits per heavy atom. The van der Waals surface area contributed by atoms with Gasteiger partial charge in [0, 0.05) is 30.8 Å². The molecule has 1 atom stereocenters. The Morgan fingerprint density at radius 3 is 3.00 bits per heavy atom. The van der Waals surface area contributed by atoms with Crippen molar-refractivity contribution >= 4 is 5.97 Å². The van der Waals surface area contributed by atoms with Gasteiger partial charge in [-0.15, -0.1) is 0 Å². The lowest BCUT2D eigenvalue weighted by atomic mass is 10.1. The van der Waals surface area contributed by atoms with Crippen LogP contribution in [0.4, 0.5) is 0 Å². The Labute approximate surface area is 117 Å². The summed E-state index contributed by atoms with van der Waals surface area (Å²) in [6.07, 6.45) is 0.0386. The molecule has 1 aliphatic heterocycles. The van der Waals surface area contributed by atoms with Gasteiger partial charge in [-0.3, -0.25) is 9.69 Å². The van der Waals surface area contributed by atoms with Crippen molar-refractivity contribution in [1.29, 1.82) is 0 Å². The summed E-state index contributed by atoms with van der Waals surface area (Å²) in [5.74, 6) is -0.0929. The number of phenols is 1. The van der Waals surface area contributed by atoms with E-state index in [-0.39, 0.29) is 18.2 Å². The quantitative estimate of drug-likeness (QED) is 0.840. The number of aliphatic carboxylic acids is 1. The summed E-state index contributed by atoms with van der Waals surface area (Å²) in [6.45, 7) is 2.14. The Balaban J connectivity index is 2.08. The van der Waals surface area contributed by atoms with Crippen molar-refractivity contribution in [3.05, 3.63) is 23.8 Å². The number of carbonyl (C=O) groups is 1. The molecule has 0 amide bonds. The van der Waals surface area contributed by atoms with Crippen molar-refractivity contribution in [3.63, 3.8) is 0 Å². The van der Waals surface area contributed by atoms with Crippen LogP contribution in [0.1, 0.15) is 12.0 Å². The minimum atomic E-state index is -0.843. The molecule has 0 radical (unpaired) electrons. The SMILES string of the molecule is COc1ccc(CN2CCOCC2CC(=O)O)c(O)c1. The van der Waals surface area contributed by atoms with Crippen molar-refractivity contribution in [2.45, 2.75) is 19.0 Å². The van der Waals surface area contributed by atoms with E-state index in [1.165, 1.54) is 0 Å². The van der Waals surface area contributed by atoms with Gasteiger partial charge in [0.25, 0.3) is 0 Å². The average molecular weight is 281 g/mol. The number of aromatic hydroxyl groups is 1. The first-order valence-electron chi connectivity index (χ1n) is 6.49. The highest BCUT2D eigenvalue weighted by atomic mass is 16.5. The minimum Gasteiger partial charge on any atom is -0.507 e. The molecule has 1 saturated heterocycles. The van der Waals surface area contributed by atoms with E-state index in [4.69, 9.17) is 14.6 Å². The van der Waals surface area contributed by atoms with Crippen LogP contribution >= 0.6 is 0 Å². The maximum Gasteiger partial charge on any atom is 0.305 e. The van der Waals surface area contributed by atoms with Gasteiger partial charge >= 0.3 is 5.97 Å². The van der Waals surface area contributed by atoms with Gasteiger partial charge in [0.15, 0.2) is 0 Å². The Bertz CT molecular complexity index is 477. The number of morpholine rings is 1. The summed E-state index contributed by atoms with van der Waals surface area (Å²) in [5, 5.41) is 18.9.